The predicted molar refractivity (Wildman–Crippen MR) is 54.5 cm³/mol. The van der Waals surface area contributed by atoms with Crippen molar-refractivity contribution in [3.05, 3.63) is 0 Å². The Bertz CT molecular complexity index is 268. The first kappa shape index (κ1) is 11.3. The van der Waals surface area contributed by atoms with Crippen LogP contribution in [0.1, 0.15) is 32.6 Å². The third-order valence-corrected chi connectivity index (χ3v) is 4.68. The van der Waals surface area contributed by atoms with Gasteiger partial charge in [-0.15, -0.1) is 12.4 Å². The predicted octanol–water partition coefficient (Wildman–Crippen LogP) is 1.29. The molecule has 3 nitrogen and oxygen atoms in total. The second kappa shape index (κ2) is 3.75. The van der Waals surface area contributed by atoms with Crippen LogP contribution in [0.25, 0.3) is 0 Å². The lowest BCUT2D eigenvalue weighted by Gasteiger charge is -2.32. The van der Waals surface area contributed by atoms with Crippen molar-refractivity contribution in [2.45, 2.75) is 43.9 Å². The number of sulfonamides is 1. The van der Waals surface area contributed by atoms with Crippen LogP contribution >= 0.6 is 12.4 Å². The lowest BCUT2D eigenvalue weighted by molar-refractivity contribution is 0.270. The van der Waals surface area contributed by atoms with E-state index in [1.165, 1.54) is 0 Å². The molecule has 0 aromatic carbocycles. The lowest BCUT2D eigenvalue weighted by atomic mass is 9.83. The molecule has 0 amide bonds. The first-order valence-corrected chi connectivity index (χ1v) is 6.13. The highest BCUT2D eigenvalue weighted by atomic mass is 35.5. The van der Waals surface area contributed by atoms with Gasteiger partial charge in [-0.1, -0.05) is 6.92 Å². The molecule has 0 unspecified atom stereocenters. The topological polar surface area (TPSA) is 46.2 Å². The Balaban J connectivity index is 0.000000845. The summed E-state index contributed by atoms with van der Waals surface area (Å²) in [6.45, 7) is 2.15. The fraction of sp³-hybridized carbons (Fsp3) is 1.00. The average molecular weight is 226 g/mol. The Kier molecular flexibility index (Phi) is 3.25. The summed E-state index contributed by atoms with van der Waals surface area (Å²) in [6, 6.07) is 0.241. The van der Waals surface area contributed by atoms with Crippen LogP contribution in [0.3, 0.4) is 0 Å². The monoisotopic (exact) mass is 225 g/mol. The molecule has 78 valence electrons. The van der Waals surface area contributed by atoms with Crippen LogP contribution in [-0.4, -0.2) is 19.7 Å². The minimum Gasteiger partial charge on any atom is -0.212 e. The van der Waals surface area contributed by atoms with Crippen molar-refractivity contribution in [2.75, 3.05) is 0 Å². The van der Waals surface area contributed by atoms with E-state index in [1.54, 1.807) is 0 Å². The largest absolute Gasteiger partial charge is 0.214 e. The molecule has 0 heterocycles. The Morgan fingerprint density at radius 1 is 1.23 bits per heavy atom. The summed E-state index contributed by atoms with van der Waals surface area (Å²) in [5, 5.41) is -0.0617. The van der Waals surface area contributed by atoms with Gasteiger partial charge in [-0.05, 0) is 31.6 Å². The number of rotatable bonds is 3. The van der Waals surface area contributed by atoms with Gasteiger partial charge in [-0.25, -0.2) is 13.1 Å². The number of hydrogen-bond acceptors (Lipinski definition) is 2. The molecule has 0 saturated heterocycles. The summed E-state index contributed by atoms with van der Waals surface area (Å²) < 4.78 is 25.5. The molecule has 0 aromatic heterocycles. The van der Waals surface area contributed by atoms with Crippen LogP contribution in [0, 0.1) is 5.92 Å². The van der Waals surface area contributed by atoms with Crippen molar-refractivity contribution in [3.8, 4) is 0 Å². The highest BCUT2D eigenvalue weighted by Gasteiger charge is 2.39. The third-order valence-electron chi connectivity index (χ3n) is 2.67. The van der Waals surface area contributed by atoms with Crippen LogP contribution in [0.2, 0.25) is 0 Å². The van der Waals surface area contributed by atoms with Gasteiger partial charge < -0.3 is 0 Å². The van der Waals surface area contributed by atoms with Gasteiger partial charge in [0.15, 0.2) is 0 Å². The van der Waals surface area contributed by atoms with Gasteiger partial charge in [0.1, 0.15) is 0 Å². The van der Waals surface area contributed by atoms with Crippen LogP contribution < -0.4 is 4.72 Å². The first-order valence-electron chi connectivity index (χ1n) is 4.59. The molecular weight excluding hydrogens is 210 g/mol. The Morgan fingerprint density at radius 2 is 1.77 bits per heavy atom. The second-order valence-electron chi connectivity index (χ2n) is 4.14. The normalized spacial score (nSPS) is 33.3. The molecule has 2 aliphatic rings. The molecule has 2 aliphatic carbocycles. The number of halogens is 1. The van der Waals surface area contributed by atoms with Crippen LogP contribution in [0.5, 0.6) is 0 Å². The Labute approximate surface area is 85.7 Å². The van der Waals surface area contributed by atoms with Crippen LogP contribution in [0.4, 0.5) is 0 Å². The molecule has 2 saturated carbocycles. The van der Waals surface area contributed by atoms with Gasteiger partial charge in [0.25, 0.3) is 0 Å². The van der Waals surface area contributed by atoms with Gasteiger partial charge in [0, 0.05) is 6.04 Å². The smallest absolute Gasteiger partial charge is 0.212 e. The molecule has 13 heavy (non-hydrogen) atoms. The molecule has 0 spiro atoms. The van der Waals surface area contributed by atoms with E-state index in [-0.39, 0.29) is 23.7 Å². The maximum absolute atomic E-state index is 11.4. The SMILES string of the molecule is CC1CC(NS(=O)(=O)C2CC2)C1.Cl. The molecular formula is C8H16ClNO2S. The number of nitrogens with one attached hydrogen (secondary N) is 1. The standard InChI is InChI=1S/C8H15NO2S.ClH/c1-6-4-7(5-6)9-12(10,11)8-2-3-8;/h6-9H,2-5H2,1H3;1H. The summed E-state index contributed by atoms with van der Waals surface area (Å²) in [4.78, 5) is 0. The van der Waals surface area contributed by atoms with E-state index in [0.717, 1.165) is 25.7 Å². The number of hydrogen-bond donors (Lipinski definition) is 1. The van der Waals surface area contributed by atoms with E-state index < -0.39 is 10.0 Å². The molecule has 2 rings (SSSR count). The molecule has 0 atom stereocenters. The Morgan fingerprint density at radius 3 is 2.15 bits per heavy atom. The van der Waals surface area contributed by atoms with E-state index in [0.29, 0.717) is 5.92 Å². The van der Waals surface area contributed by atoms with E-state index >= 15 is 0 Å². The highest BCUT2D eigenvalue weighted by molar-refractivity contribution is 7.90. The lowest BCUT2D eigenvalue weighted by Crippen LogP contribution is -2.44. The maximum atomic E-state index is 11.4. The molecule has 0 aromatic rings. The molecule has 0 bridgehead atoms. The first-order chi connectivity index (χ1) is 5.58. The van der Waals surface area contributed by atoms with Gasteiger partial charge in [0.2, 0.25) is 10.0 Å². The Hall–Kier alpha value is 0.200. The van der Waals surface area contributed by atoms with Crippen molar-refractivity contribution in [3.63, 3.8) is 0 Å². The second-order valence-corrected chi connectivity index (χ2v) is 6.13. The van der Waals surface area contributed by atoms with E-state index in [2.05, 4.69) is 11.6 Å². The van der Waals surface area contributed by atoms with Gasteiger partial charge in [-0.3, -0.25) is 0 Å². The molecule has 5 heteroatoms. The van der Waals surface area contributed by atoms with E-state index in [1.807, 2.05) is 0 Å². The zero-order valence-corrected chi connectivity index (χ0v) is 9.33. The quantitative estimate of drug-likeness (QED) is 0.787. The van der Waals surface area contributed by atoms with Crippen molar-refractivity contribution in [2.24, 2.45) is 5.92 Å². The molecule has 0 radical (unpaired) electrons. The molecule has 1 N–H and O–H groups in total. The van der Waals surface area contributed by atoms with Crippen molar-refractivity contribution < 1.29 is 8.42 Å². The van der Waals surface area contributed by atoms with Crippen molar-refractivity contribution in [1.82, 2.24) is 4.72 Å². The zero-order chi connectivity index (χ0) is 8.77. The summed E-state index contributed by atoms with van der Waals surface area (Å²) in [6.07, 6.45) is 3.76. The fourth-order valence-corrected chi connectivity index (χ4v) is 3.31. The van der Waals surface area contributed by atoms with E-state index in [9.17, 15) is 8.42 Å². The van der Waals surface area contributed by atoms with Gasteiger partial charge >= 0.3 is 0 Å². The van der Waals surface area contributed by atoms with E-state index in [4.69, 9.17) is 0 Å². The molecule has 0 aliphatic heterocycles. The average Bonchev–Trinajstić information content (AvgIpc) is 2.63. The van der Waals surface area contributed by atoms with Crippen LogP contribution in [0.15, 0.2) is 0 Å². The van der Waals surface area contributed by atoms with Crippen molar-refractivity contribution >= 4 is 22.4 Å². The summed E-state index contributed by atoms with van der Waals surface area (Å²) in [5.74, 6) is 0.705. The summed E-state index contributed by atoms with van der Waals surface area (Å²) >= 11 is 0. The maximum Gasteiger partial charge on any atom is 0.214 e. The summed E-state index contributed by atoms with van der Waals surface area (Å²) in [7, 11) is -2.92. The summed E-state index contributed by atoms with van der Waals surface area (Å²) in [5.41, 5.74) is 0. The van der Waals surface area contributed by atoms with Gasteiger partial charge in [0.05, 0.1) is 5.25 Å². The van der Waals surface area contributed by atoms with Crippen LogP contribution in [-0.2, 0) is 10.0 Å². The zero-order valence-electron chi connectivity index (χ0n) is 7.69. The minimum absolute atomic E-state index is 0. The highest BCUT2D eigenvalue weighted by Crippen LogP contribution is 2.31. The third kappa shape index (κ3) is 2.58. The fourth-order valence-electron chi connectivity index (χ4n) is 1.71. The molecule has 2 fully saturated rings. The van der Waals surface area contributed by atoms with Crippen molar-refractivity contribution in [1.29, 1.82) is 0 Å². The minimum atomic E-state index is -2.92. The van der Waals surface area contributed by atoms with Gasteiger partial charge in [-0.2, -0.15) is 0 Å².